The number of thioether (sulfide) groups is 1. The third kappa shape index (κ3) is 3.31. The highest BCUT2D eigenvalue weighted by Crippen LogP contribution is 2.42. The molecule has 1 aromatic carbocycles. The summed E-state index contributed by atoms with van der Waals surface area (Å²) in [5.41, 5.74) is 0.326. The van der Waals surface area contributed by atoms with Gasteiger partial charge >= 0.3 is 0 Å². The van der Waals surface area contributed by atoms with Crippen molar-refractivity contribution in [2.45, 2.75) is 11.5 Å². The molecule has 0 atom stereocenters. The number of rotatable bonds is 7. The van der Waals surface area contributed by atoms with Crippen LogP contribution in [0, 0.1) is 0 Å². The minimum atomic E-state index is -0.472. The van der Waals surface area contributed by atoms with Crippen LogP contribution >= 0.6 is 11.8 Å². The van der Waals surface area contributed by atoms with E-state index < -0.39 is 5.78 Å². The first-order valence-corrected chi connectivity index (χ1v) is 9.69. The van der Waals surface area contributed by atoms with Crippen molar-refractivity contribution in [3.8, 4) is 17.2 Å². The van der Waals surface area contributed by atoms with E-state index in [1.165, 1.54) is 40.6 Å². The molecule has 0 fully saturated rings. The standard InChI is InChI=1S/C20H20O8S/c1-24-11-8-10(21)14-15(20(29-5)28-19(14)17(11)23)16(22)9-6-12(25-2)18(27-4)13(7-9)26-3/h6-7,23H,8H2,1-5H3. The van der Waals surface area contributed by atoms with Gasteiger partial charge in [-0.3, -0.25) is 9.59 Å². The maximum absolute atomic E-state index is 13.4. The molecule has 0 spiro atoms. The van der Waals surface area contributed by atoms with E-state index in [2.05, 4.69) is 0 Å². The molecule has 0 unspecified atom stereocenters. The van der Waals surface area contributed by atoms with Gasteiger partial charge in [-0.2, -0.15) is 0 Å². The van der Waals surface area contributed by atoms with Gasteiger partial charge in [0.05, 0.1) is 46.0 Å². The minimum absolute atomic E-state index is 0.0337. The predicted molar refractivity (Wildman–Crippen MR) is 106 cm³/mol. The van der Waals surface area contributed by atoms with Crippen LogP contribution < -0.4 is 14.2 Å². The van der Waals surface area contributed by atoms with Gasteiger partial charge in [0, 0.05) is 5.56 Å². The summed E-state index contributed by atoms with van der Waals surface area (Å²) in [5, 5.41) is 10.6. The number of hydrogen-bond donors (Lipinski definition) is 1. The fourth-order valence-corrected chi connectivity index (χ4v) is 3.73. The summed E-state index contributed by atoms with van der Waals surface area (Å²) in [6, 6.07) is 2.99. The second kappa shape index (κ2) is 8.12. The molecule has 0 saturated carbocycles. The van der Waals surface area contributed by atoms with Gasteiger partial charge in [-0.25, -0.2) is 0 Å². The first-order valence-electron chi connectivity index (χ1n) is 8.46. The Labute approximate surface area is 171 Å². The number of ether oxygens (including phenoxy) is 4. The highest BCUT2D eigenvalue weighted by Gasteiger charge is 2.37. The maximum atomic E-state index is 13.4. The van der Waals surface area contributed by atoms with Crippen molar-refractivity contribution >= 4 is 29.1 Å². The van der Waals surface area contributed by atoms with Gasteiger partial charge in [0.15, 0.2) is 39.7 Å². The highest BCUT2D eigenvalue weighted by molar-refractivity contribution is 7.98. The Morgan fingerprint density at radius 3 is 2.17 bits per heavy atom. The first kappa shape index (κ1) is 20.7. The molecule has 1 heterocycles. The lowest BCUT2D eigenvalue weighted by Crippen LogP contribution is -2.16. The summed E-state index contributed by atoms with van der Waals surface area (Å²) in [7, 11) is 5.69. The number of carbonyl (C=O) groups excluding carboxylic acids is 2. The van der Waals surface area contributed by atoms with E-state index in [1.807, 2.05) is 0 Å². The molecule has 0 aliphatic heterocycles. The number of furan rings is 1. The number of aliphatic hydroxyl groups is 1. The van der Waals surface area contributed by atoms with Crippen LogP contribution in [0.2, 0.25) is 0 Å². The molecule has 0 amide bonds. The molecule has 0 bridgehead atoms. The van der Waals surface area contributed by atoms with Crippen LogP contribution in [-0.2, 0) is 4.74 Å². The molecule has 29 heavy (non-hydrogen) atoms. The number of allylic oxidation sites excluding steroid dienone is 1. The maximum Gasteiger partial charge on any atom is 0.203 e. The molecule has 1 aromatic heterocycles. The van der Waals surface area contributed by atoms with Crippen molar-refractivity contribution in [3.05, 3.63) is 40.3 Å². The quantitative estimate of drug-likeness (QED) is 0.530. The Bertz CT molecular complexity index is 993. The fraction of sp³-hybridized carbons (Fsp3) is 0.300. The number of hydrogen-bond acceptors (Lipinski definition) is 9. The zero-order valence-electron chi connectivity index (χ0n) is 16.6. The van der Waals surface area contributed by atoms with E-state index in [1.54, 1.807) is 6.26 Å². The third-order valence-corrected chi connectivity index (χ3v) is 5.20. The molecule has 9 heteroatoms. The lowest BCUT2D eigenvalue weighted by molar-refractivity contribution is 0.0951. The molecule has 154 valence electrons. The van der Waals surface area contributed by atoms with Crippen LogP contribution in [0.3, 0.4) is 0 Å². The molecule has 3 rings (SSSR count). The molecule has 1 aliphatic carbocycles. The highest BCUT2D eigenvalue weighted by atomic mass is 32.2. The normalized spacial score (nSPS) is 13.2. The number of benzene rings is 1. The smallest absolute Gasteiger partial charge is 0.203 e. The van der Waals surface area contributed by atoms with E-state index in [9.17, 15) is 14.7 Å². The molecule has 8 nitrogen and oxygen atoms in total. The van der Waals surface area contributed by atoms with Crippen molar-refractivity contribution in [1.82, 2.24) is 0 Å². The lowest BCUT2D eigenvalue weighted by atomic mass is 9.92. The Morgan fingerprint density at radius 1 is 1.07 bits per heavy atom. The van der Waals surface area contributed by atoms with E-state index >= 15 is 0 Å². The third-order valence-electron chi connectivity index (χ3n) is 4.54. The average Bonchev–Trinajstić information content (AvgIpc) is 3.14. The number of methoxy groups -OCH3 is 4. The molecule has 0 radical (unpaired) electrons. The molecule has 1 N–H and O–H groups in total. The van der Waals surface area contributed by atoms with Crippen molar-refractivity contribution < 1.29 is 38.1 Å². The summed E-state index contributed by atoms with van der Waals surface area (Å²) in [4.78, 5) is 26.1. The Morgan fingerprint density at radius 2 is 1.69 bits per heavy atom. The van der Waals surface area contributed by atoms with Crippen LogP contribution in [0.15, 0.2) is 27.4 Å². The fourth-order valence-electron chi connectivity index (χ4n) is 3.16. The van der Waals surface area contributed by atoms with Crippen LogP contribution in [0.25, 0.3) is 5.76 Å². The van der Waals surface area contributed by atoms with Gasteiger partial charge in [0.1, 0.15) is 5.76 Å². The SMILES string of the molecule is COC1=C(O)c2oc(SC)c(C(=O)c3cc(OC)c(OC)c(OC)c3)c2C(=O)C1. The number of aliphatic hydroxyl groups excluding tert-OH is 1. The van der Waals surface area contributed by atoms with Crippen LogP contribution in [0.4, 0.5) is 0 Å². The lowest BCUT2D eigenvalue weighted by Gasteiger charge is -2.15. The van der Waals surface area contributed by atoms with E-state index in [4.69, 9.17) is 23.4 Å². The Hall–Kier alpha value is -3.07. The second-order valence-corrected chi connectivity index (χ2v) is 6.77. The van der Waals surface area contributed by atoms with Gasteiger partial charge in [-0.15, -0.1) is 0 Å². The summed E-state index contributed by atoms with van der Waals surface area (Å²) in [5.74, 6) is -0.180. The summed E-state index contributed by atoms with van der Waals surface area (Å²) in [6.45, 7) is 0. The van der Waals surface area contributed by atoms with Crippen molar-refractivity contribution in [3.63, 3.8) is 0 Å². The number of carbonyl (C=O) groups is 2. The molecular formula is C20H20O8S. The van der Waals surface area contributed by atoms with Crippen molar-refractivity contribution in [2.75, 3.05) is 34.7 Å². The average molecular weight is 420 g/mol. The molecule has 2 aromatic rings. The van der Waals surface area contributed by atoms with Gasteiger partial charge in [0.2, 0.25) is 5.75 Å². The number of fused-ring (bicyclic) bond motifs is 1. The van der Waals surface area contributed by atoms with Crippen LogP contribution in [0.5, 0.6) is 17.2 Å². The summed E-state index contributed by atoms with van der Waals surface area (Å²) in [6.07, 6.45) is 1.54. The zero-order chi connectivity index (χ0) is 21.3. The topological polar surface area (TPSA) is 104 Å². The number of ketones is 2. The van der Waals surface area contributed by atoms with E-state index in [0.29, 0.717) is 17.2 Å². The molecular weight excluding hydrogens is 400 g/mol. The van der Waals surface area contributed by atoms with Crippen molar-refractivity contribution in [2.24, 2.45) is 0 Å². The summed E-state index contributed by atoms with van der Waals surface area (Å²) >= 11 is 1.15. The van der Waals surface area contributed by atoms with Crippen molar-refractivity contribution in [1.29, 1.82) is 0 Å². The monoisotopic (exact) mass is 420 g/mol. The van der Waals surface area contributed by atoms with Crippen LogP contribution in [-0.4, -0.2) is 51.4 Å². The van der Waals surface area contributed by atoms with Gasteiger partial charge in [0.25, 0.3) is 0 Å². The first-order chi connectivity index (χ1) is 13.9. The number of Topliss-reactive ketones (excluding diaryl/α,β-unsaturated/α-hetero) is 1. The summed E-state index contributed by atoms with van der Waals surface area (Å²) < 4.78 is 26.6. The van der Waals surface area contributed by atoms with Gasteiger partial charge in [-0.1, -0.05) is 11.8 Å². The Balaban J connectivity index is 2.22. The molecule has 0 saturated heterocycles. The van der Waals surface area contributed by atoms with Gasteiger partial charge < -0.3 is 28.5 Å². The predicted octanol–water partition coefficient (Wildman–Crippen LogP) is 3.72. The molecule has 1 aliphatic rings. The minimum Gasteiger partial charge on any atom is -0.502 e. The van der Waals surface area contributed by atoms with Crippen LogP contribution in [0.1, 0.15) is 38.5 Å². The van der Waals surface area contributed by atoms with Gasteiger partial charge in [-0.05, 0) is 18.4 Å². The Kier molecular flexibility index (Phi) is 5.78. The largest absolute Gasteiger partial charge is 0.502 e. The zero-order valence-corrected chi connectivity index (χ0v) is 17.4. The van der Waals surface area contributed by atoms with E-state index in [0.717, 1.165) is 11.8 Å². The van der Waals surface area contributed by atoms with E-state index in [-0.39, 0.29) is 51.3 Å². The second-order valence-electron chi connectivity index (χ2n) is 5.99.